The number of benzene rings is 1. The first-order valence-corrected chi connectivity index (χ1v) is 9.13. The Morgan fingerprint density at radius 2 is 1.96 bits per heavy atom. The topological polar surface area (TPSA) is 32.8 Å². The summed E-state index contributed by atoms with van der Waals surface area (Å²) in [6, 6.07) is 6.56. The molecule has 3 rings (SSSR count). The minimum Gasteiger partial charge on any atom is -0.483 e. The van der Waals surface area contributed by atoms with E-state index in [4.69, 9.17) is 4.74 Å². The molecule has 24 heavy (non-hydrogen) atoms. The van der Waals surface area contributed by atoms with Crippen molar-refractivity contribution in [1.82, 2.24) is 9.80 Å². The Morgan fingerprint density at radius 1 is 1.25 bits per heavy atom. The Morgan fingerprint density at radius 3 is 2.67 bits per heavy atom. The number of hydrogen-bond donors (Lipinski definition) is 0. The number of piperidine rings is 2. The van der Waals surface area contributed by atoms with E-state index in [1.165, 1.54) is 6.42 Å². The highest BCUT2D eigenvalue weighted by Crippen LogP contribution is 2.38. The van der Waals surface area contributed by atoms with Crippen LogP contribution in [0.4, 0.5) is 0 Å². The van der Waals surface area contributed by atoms with Crippen LogP contribution in [0.3, 0.4) is 0 Å². The largest absolute Gasteiger partial charge is 0.483 e. The minimum absolute atomic E-state index is 0.0491. The van der Waals surface area contributed by atoms with E-state index in [-0.39, 0.29) is 18.1 Å². The first kappa shape index (κ1) is 17.3. The second-order valence-electron chi connectivity index (χ2n) is 7.65. The third kappa shape index (κ3) is 3.04. The van der Waals surface area contributed by atoms with Gasteiger partial charge in [0.15, 0.2) is 6.61 Å². The lowest BCUT2D eigenvalue weighted by Gasteiger charge is -2.55. The van der Waals surface area contributed by atoms with Crippen LogP contribution in [0, 0.1) is 13.8 Å². The predicted molar refractivity (Wildman–Crippen MR) is 96.4 cm³/mol. The van der Waals surface area contributed by atoms with E-state index in [1.54, 1.807) is 0 Å². The molecule has 1 amide bonds. The van der Waals surface area contributed by atoms with E-state index in [2.05, 4.69) is 23.8 Å². The van der Waals surface area contributed by atoms with Crippen molar-refractivity contribution in [2.75, 3.05) is 26.7 Å². The Bertz CT molecular complexity index is 595. The number of ether oxygens (including phenoxy) is 1. The highest BCUT2D eigenvalue weighted by Gasteiger charge is 2.47. The lowest BCUT2D eigenvalue weighted by molar-refractivity contribution is -0.148. The molecule has 2 atom stereocenters. The smallest absolute Gasteiger partial charge is 0.261 e. The SMILES string of the molecule is Cc1cccc(C)c1OCC(=O)N1CCC[C@@H]2N(C)CCC[C@@]21C. The van der Waals surface area contributed by atoms with Gasteiger partial charge in [-0.15, -0.1) is 0 Å². The van der Waals surface area contributed by atoms with Crippen LogP contribution in [0.5, 0.6) is 5.75 Å². The standard InChI is InChI=1S/C20H30N2O2/c1-15-8-5-9-16(2)19(15)24-14-18(23)22-13-6-10-17-20(22,3)11-7-12-21(17)4/h5,8-9,17H,6-7,10-14H2,1-4H3/t17-,20-/m0/s1. The minimum atomic E-state index is -0.0491. The maximum Gasteiger partial charge on any atom is 0.261 e. The normalized spacial score (nSPS) is 27.7. The van der Waals surface area contributed by atoms with Crippen LogP contribution in [0.2, 0.25) is 0 Å². The molecule has 1 aromatic carbocycles. The molecular formula is C20H30N2O2. The van der Waals surface area contributed by atoms with Crippen molar-refractivity contribution in [2.45, 2.75) is 58.0 Å². The van der Waals surface area contributed by atoms with Crippen LogP contribution < -0.4 is 4.74 Å². The van der Waals surface area contributed by atoms with E-state index in [0.29, 0.717) is 6.04 Å². The van der Waals surface area contributed by atoms with Crippen LogP contribution >= 0.6 is 0 Å². The summed E-state index contributed by atoms with van der Waals surface area (Å²) in [5, 5.41) is 0. The van der Waals surface area contributed by atoms with Gasteiger partial charge in [-0.3, -0.25) is 4.79 Å². The summed E-state index contributed by atoms with van der Waals surface area (Å²) in [5.41, 5.74) is 2.12. The van der Waals surface area contributed by atoms with E-state index in [0.717, 1.165) is 49.2 Å². The molecule has 0 aromatic heterocycles. The summed E-state index contributed by atoms with van der Waals surface area (Å²) in [5.74, 6) is 0.977. The number of nitrogens with zero attached hydrogens (tertiary/aromatic N) is 2. The van der Waals surface area contributed by atoms with Crippen LogP contribution in [-0.2, 0) is 4.79 Å². The van der Waals surface area contributed by atoms with Crippen LogP contribution in [0.25, 0.3) is 0 Å². The molecule has 2 aliphatic heterocycles. The average Bonchev–Trinajstić information content (AvgIpc) is 2.53. The highest BCUT2D eigenvalue weighted by atomic mass is 16.5. The fraction of sp³-hybridized carbons (Fsp3) is 0.650. The van der Waals surface area contributed by atoms with Gasteiger partial charge in [-0.1, -0.05) is 18.2 Å². The molecule has 132 valence electrons. The third-order valence-corrected chi connectivity index (χ3v) is 5.97. The Kier molecular flexibility index (Phi) is 4.86. The second-order valence-corrected chi connectivity index (χ2v) is 7.65. The van der Waals surface area contributed by atoms with Crippen molar-refractivity contribution in [2.24, 2.45) is 0 Å². The van der Waals surface area contributed by atoms with Crippen LogP contribution in [-0.4, -0.2) is 54.0 Å². The zero-order valence-corrected chi connectivity index (χ0v) is 15.5. The van der Waals surface area contributed by atoms with Crippen molar-refractivity contribution >= 4 is 5.91 Å². The highest BCUT2D eigenvalue weighted by molar-refractivity contribution is 5.79. The Labute approximate surface area is 145 Å². The number of aryl methyl sites for hydroxylation is 2. The summed E-state index contributed by atoms with van der Waals surface area (Å²) in [6.45, 7) is 8.46. The third-order valence-electron chi connectivity index (χ3n) is 5.97. The van der Waals surface area contributed by atoms with Gasteiger partial charge in [0, 0.05) is 12.6 Å². The molecule has 0 bridgehead atoms. The van der Waals surface area contributed by atoms with E-state index >= 15 is 0 Å². The van der Waals surface area contributed by atoms with Gasteiger partial charge in [0.1, 0.15) is 5.75 Å². The van der Waals surface area contributed by atoms with Crippen LogP contribution in [0.15, 0.2) is 18.2 Å². The molecule has 1 aromatic rings. The molecule has 0 unspecified atom stereocenters. The van der Waals surface area contributed by atoms with Crippen molar-refractivity contribution in [3.63, 3.8) is 0 Å². The molecule has 2 fully saturated rings. The van der Waals surface area contributed by atoms with E-state index in [1.807, 2.05) is 32.0 Å². The predicted octanol–water partition coefficient (Wildman–Crippen LogP) is 3.16. The Balaban J connectivity index is 1.72. The maximum absolute atomic E-state index is 12.9. The van der Waals surface area contributed by atoms with Crippen molar-refractivity contribution in [3.8, 4) is 5.75 Å². The molecule has 2 aliphatic rings. The number of para-hydroxylation sites is 1. The molecule has 0 saturated carbocycles. The number of likely N-dealkylation sites (N-methyl/N-ethyl adjacent to an activating group) is 1. The second kappa shape index (κ2) is 6.75. The molecule has 4 heteroatoms. The van der Waals surface area contributed by atoms with Crippen LogP contribution in [0.1, 0.15) is 43.7 Å². The van der Waals surface area contributed by atoms with E-state index < -0.39 is 0 Å². The number of likely N-dealkylation sites (tertiary alicyclic amines) is 2. The number of hydrogen-bond acceptors (Lipinski definition) is 3. The number of carbonyl (C=O) groups excluding carboxylic acids is 1. The van der Waals surface area contributed by atoms with Gasteiger partial charge in [0.2, 0.25) is 0 Å². The maximum atomic E-state index is 12.9. The monoisotopic (exact) mass is 330 g/mol. The molecule has 2 saturated heterocycles. The van der Waals surface area contributed by atoms with E-state index in [9.17, 15) is 4.79 Å². The fourth-order valence-corrected chi connectivity index (χ4v) is 4.68. The quantitative estimate of drug-likeness (QED) is 0.853. The van der Waals surface area contributed by atoms with Crippen molar-refractivity contribution in [1.29, 1.82) is 0 Å². The van der Waals surface area contributed by atoms with Gasteiger partial charge in [0.25, 0.3) is 5.91 Å². The van der Waals surface area contributed by atoms with Crippen molar-refractivity contribution < 1.29 is 9.53 Å². The number of fused-ring (bicyclic) bond motifs is 1. The Hall–Kier alpha value is -1.55. The summed E-state index contributed by atoms with van der Waals surface area (Å²) >= 11 is 0. The average molecular weight is 330 g/mol. The van der Waals surface area contributed by atoms with Gasteiger partial charge in [-0.2, -0.15) is 0 Å². The lowest BCUT2D eigenvalue weighted by atomic mass is 9.76. The van der Waals surface area contributed by atoms with Gasteiger partial charge < -0.3 is 14.5 Å². The number of rotatable bonds is 3. The molecule has 0 N–H and O–H groups in total. The molecule has 2 heterocycles. The molecule has 0 spiro atoms. The first-order valence-electron chi connectivity index (χ1n) is 9.13. The molecule has 0 radical (unpaired) electrons. The summed E-state index contributed by atoms with van der Waals surface area (Å²) < 4.78 is 5.93. The van der Waals surface area contributed by atoms with Crippen molar-refractivity contribution in [3.05, 3.63) is 29.3 Å². The fourth-order valence-electron chi connectivity index (χ4n) is 4.68. The first-order chi connectivity index (χ1) is 11.4. The van der Waals surface area contributed by atoms with Gasteiger partial charge in [0.05, 0.1) is 5.54 Å². The summed E-state index contributed by atoms with van der Waals surface area (Å²) in [6.07, 6.45) is 4.52. The zero-order chi connectivity index (χ0) is 17.3. The number of carbonyl (C=O) groups is 1. The summed E-state index contributed by atoms with van der Waals surface area (Å²) in [7, 11) is 2.20. The molecule has 4 nitrogen and oxygen atoms in total. The molecule has 0 aliphatic carbocycles. The lowest BCUT2D eigenvalue weighted by Crippen LogP contribution is -2.67. The van der Waals surface area contributed by atoms with Gasteiger partial charge in [-0.05, 0) is 71.2 Å². The summed E-state index contributed by atoms with van der Waals surface area (Å²) in [4.78, 5) is 17.5. The van der Waals surface area contributed by atoms with Gasteiger partial charge >= 0.3 is 0 Å². The van der Waals surface area contributed by atoms with Gasteiger partial charge in [-0.25, -0.2) is 0 Å². The zero-order valence-electron chi connectivity index (χ0n) is 15.5. The molecular weight excluding hydrogens is 300 g/mol. The number of amides is 1.